The lowest BCUT2D eigenvalue weighted by molar-refractivity contribution is 0.273. The van der Waals surface area contributed by atoms with Crippen LogP contribution in [0.4, 0.5) is 5.69 Å². The standard InChI is InChI=1S/C39H70N2/c1-3-5-7-9-11-13-14-15-16-17-18-19-20-22-24-26-31-35-40-36-37-41(38-32-28-27-29-33-38)39(40)34-30-25-23-21-12-10-8-6-4-2/h27-29,32-33,36-37,39H,3-26,30-31,34-35H2,1-2H3. The van der Waals surface area contributed by atoms with Crippen LogP contribution in [0.25, 0.3) is 0 Å². The highest BCUT2D eigenvalue weighted by molar-refractivity contribution is 5.51. The highest BCUT2D eigenvalue weighted by atomic mass is 15.4. The Hall–Kier alpha value is -1.44. The Kier molecular flexibility index (Phi) is 22.9. The molecule has 0 amide bonds. The number of anilines is 1. The van der Waals surface area contributed by atoms with Crippen molar-refractivity contribution in [3.63, 3.8) is 0 Å². The molecule has 2 heteroatoms. The Labute approximate surface area is 257 Å². The lowest BCUT2D eigenvalue weighted by Crippen LogP contribution is -2.39. The third kappa shape index (κ3) is 18.0. The van der Waals surface area contributed by atoms with Crippen molar-refractivity contribution in [1.82, 2.24) is 4.90 Å². The Morgan fingerprint density at radius 1 is 0.439 bits per heavy atom. The summed E-state index contributed by atoms with van der Waals surface area (Å²) in [6.45, 7) is 5.82. The monoisotopic (exact) mass is 567 g/mol. The van der Waals surface area contributed by atoms with Gasteiger partial charge < -0.3 is 9.80 Å². The van der Waals surface area contributed by atoms with Gasteiger partial charge in [-0.3, -0.25) is 0 Å². The lowest BCUT2D eigenvalue weighted by Gasteiger charge is -2.33. The normalized spacial score (nSPS) is 14.9. The molecule has 1 aliphatic heterocycles. The summed E-state index contributed by atoms with van der Waals surface area (Å²) in [6, 6.07) is 11.0. The average molecular weight is 567 g/mol. The first-order valence-electron chi connectivity index (χ1n) is 18.6. The second-order valence-electron chi connectivity index (χ2n) is 13.0. The quantitative estimate of drug-likeness (QED) is 0.0890. The van der Waals surface area contributed by atoms with Crippen molar-refractivity contribution in [2.24, 2.45) is 0 Å². The topological polar surface area (TPSA) is 6.48 Å². The van der Waals surface area contributed by atoms with Crippen molar-refractivity contribution in [2.75, 3.05) is 11.4 Å². The molecule has 1 unspecified atom stereocenters. The second-order valence-corrected chi connectivity index (χ2v) is 13.0. The van der Waals surface area contributed by atoms with Crippen molar-refractivity contribution in [3.05, 3.63) is 42.7 Å². The van der Waals surface area contributed by atoms with E-state index in [1.165, 1.54) is 186 Å². The first kappa shape index (κ1) is 35.8. The van der Waals surface area contributed by atoms with Gasteiger partial charge in [0, 0.05) is 24.6 Å². The van der Waals surface area contributed by atoms with E-state index >= 15 is 0 Å². The van der Waals surface area contributed by atoms with Crippen LogP contribution < -0.4 is 4.90 Å². The van der Waals surface area contributed by atoms with Gasteiger partial charge in [0.1, 0.15) is 6.17 Å². The largest absolute Gasteiger partial charge is 0.356 e. The van der Waals surface area contributed by atoms with Gasteiger partial charge in [0.05, 0.1) is 0 Å². The third-order valence-electron chi connectivity index (χ3n) is 9.26. The summed E-state index contributed by atoms with van der Waals surface area (Å²) in [4.78, 5) is 5.17. The van der Waals surface area contributed by atoms with Crippen LogP contribution in [0.15, 0.2) is 42.7 Å². The summed E-state index contributed by atoms with van der Waals surface area (Å²) < 4.78 is 0. The van der Waals surface area contributed by atoms with Gasteiger partial charge in [0.15, 0.2) is 0 Å². The Bertz CT molecular complexity index is 699. The molecular weight excluding hydrogens is 496 g/mol. The molecule has 0 aliphatic carbocycles. The molecule has 0 spiro atoms. The molecule has 236 valence electrons. The van der Waals surface area contributed by atoms with Gasteiger partial charge in [-0.15, -0.1) is 0 Å². The molecule has 1 atom stereocenters. The van der Waals surface area contributed by atoms with Gasteiger partial charge in [0.2, 0.25) is 0 Å². The minimum absolute atomic E-state index is 0.503. The molecule has 0 radical (unpaired) electrons. The van der Waals surface area contributed by atoms with E-state index < -0.39 is 0 Å². The Morgan fingerprint density at radius 3 is 1.27 bits per heavy atom. The van der Waals surface area contributed by atoms with Crippen molar-refractivity contribution >= 4 is 5.69 Å². The third-order valence-corrected chi connectivity index (χ3v) is 9.26. The Morgan fingerprint density at radius 2 is 0.829 bits per heavy atom. The average Bonchev–Trinajstić information content (AvgIpc) is 3.40. The van der Waals surface area contributed by atoms with Crippen molar-refractivity contribution in [1.29, 1.82) is 0 Å². The van der Waals surface area contributed by atoms with Crippen LogP contribution >= 0.6 is 0 Å². The van der Waals surface area contributed by atoms with Crippen LogP contribution in [0.3, 0.4) is 0 Å². The zero-order valence-electron chi connectivity index (χ0n) is 27.8. The van der Waals surface area contributed by atoms with Crippen LogP contribution in [-0.4, -0.2) is 17.6 Å². The van der Waals surface area contributed by atoms with Crippen molar-refractivity contribution in [3.8, 4) is 0 Å². The van der Waals surface area contributed by atoms with Gasteiger partial charge >= 0.3 is 0 Å². The molecule has 1 aliphatic rings. The van der Waals surface area contributed by atoms with Crippen LogP contribution in [0, 0.1) is 0 Å². The van der Waals surface area contributed by atoms with Crippen molar-refractivity contribution in [2.45, 2.75) is 193 Å². The molecule has 0 saturated heterocycles. The summed E-state index contributed by atoms with van der Waals surface area (Å²) in [7, 11) is 0. The second kappa shape index (κ2) is 26.2. The van der Waals surface area contributed by atoms with E-state index in [0.29, 0.717) is 6.17 Å². The van der Waals surface area contributed by atoms with Crippen LogP contribution in [0.1, 0.15) is 187 Å². The molecule has 0 saturated carbocycles. The molecule has 2 nitrogen and oxygen atoms in total. The first-order valence-corrected chi connectivity index (χ1v) is 18.6. The van der Waals surface area contributed by atoms with Gasteiger partial charge in [-0.2, -0.15) is 0 Å². The maximum Gasteiger partial charge on any atom is 0.105 e. The van der Waals surface area contributed by atoms with E-state index in [0.717, 1.165) is 0 Å². The SMILES string of the molecule is CCCCCCCCCCCCCCCCCCCN1C=CN(c2ccccc2)C1CCCCCCCCCCC. The first-order chi connectivity index (χ1) is 20.4. The number of para-hydroxylation sites is 1. The molecule has 1 aromatic carbocycles. The molecule has 0 N–H and O–H groups in total. The predicted octanol–water partition coefficient (Wildman–Crippen LogP) is 13.2. The van der Waals surface area contributed by atoms with E-state index in [-0.39, 0.29) is 0 Å². The van der Waals surface area contributed by atoms with Crippen LogP contribution in [-0.2, 0) is 0 Å². The lowest BCUT2D eigenvalue weighted by atomic mass is 10.0. The maximum absolute atomic E-state index is 2.64. The molecule has 41 heavy (non-hydrogen) atoms. The predicted molar refractivity (Wildman–Crippen MR) is 185 cm³/mol. The van der Waals surface area contributed by atoms with E-state index in [2.05, 4.69) is 66.4 Å². The number of hydrogen-bond donors (Lipinski definition) is 0. The van der Waals surface area contributed by atoms with E-state index in [1.54, 1.807) is 0 Å². The minimum Gasteiger partial charge on any atom is -0.356 e. The minimum atomic E-state index is 0.503. The highest BCUT2D eigenvalue weighted by Gasteiger charge is 2.26. The van der Waals surface area contributed by atoms with Crippen LogP contribution in [0.5, 0.6) is 0 Å². The summed E-state index contributed by atoms with van der Waals surface area (Å²) >= 11 is 0. The Balaban J connectivity index is 1.50. The smallest absolute Gasteiger partial charge is 0.105 e. The van der Waals surface area contributed by atoms with Gasteiger partial charge in [-0.1, -0.05) is 186 Å². The fourth-order valence-corrected chi connectivity index (χ4v) is 6.56. The zero-order chi connectivity index (χ0) is 29.1. The summed E-state index contributed by atoms with van der Waals surface area (Å²) in [6.07, 6.45) is 43.6. The maximum atomic E-state index is 2.64. The fraction of sp³-hybridized carbons (Fsp3) is 0.795. The summed E-state index contributed by atoms with van der Waals surface area (Å²) in [5, 5.41) is 0. The van der Waals surface area contributed by atoms with Crippen molar-refractivity contribution < 1.29 is 0 Å². The number of hydrogen-bond acceptors (Lipinski definition) is 2. The van der Waals surface area contributed by atoms with E-state index in [4.69, 9.17) is 0 Å². The number of benzene rings is 1. The molecule has 0 fully saturated rings. The molecule has 0 aromatic heterocycles. The van der Waals surface area contributed by atoms with Gasteiger partial charge in [-0.05, 0) is 31.4 Å². The molecule has 1 heterocycles. The van der Waals surface area contributed by atoms with Gasteiger partial charge in [-0.25, -0.2) is 0 Å². The van der Waals surface area contributed by atoms with E-state index in [1.807, 2.05) is 0 Å². The van der Waals surface area contributed by atoms with E-state index in [9.17, 15) is 0 Å². The zero-order valence-corrected chi connectivity index (χ0v) is 27.8. The number of unbranched alkanes of at least 4 members (excludes halogenated alkanes) is 24. The molecular formula is C39H70N2. The van der Waals surface area contributed by atoms with Gasteiger partial charge in [0.25, 0.3) is 0 Å². The van der Waals surface area contributed by atoms with Crippen LogP contribution in [0.2, 0.25) is 0 Å². The molecule has 2 rings (SSSR count). The highest BCUT2D eigenvalue weighted by Crippen LogP contribution is 2.28. The molecule has 1 aromatic rings. The number of rotatable bonds is 29. The summed E-state index contributed by atoms with van der Waals surface area (Å²) in [5.74, 6) is 0. The summed E-state index contributed by atoms with van der Waals surface area (Å²) in [5.41, 5.74) is 1.34. The fourth-order valence-electron chi connectivity index (χ4n) is 6.56. The molecule has 0 bridgehead atoms. The number of nitrogens with zero attached hydrogens (tertiary/aromatic N) is 2.